The summed E-state index contributed by atoms with van der Waals surface area (Å²) in [5, 5.41) is 13.3. The van der Waals surface area contributed by atoms with Crippen LogP contribution in [0, 0.1) is 13.8 Å². The lowest BCUT2D eigenvalue weighted by atomic mass is 10.2. The molecule has 13 heteroatoms. The average molecular weight is 522 g/mol. The molecule has 1 aliphatic heterocycles. The Kier molecular flexibility index (Phi) is 7.34. The van der Waals surface area contributed by atoms with Gasteiger partial charge < -0.3 is 4.74 Å². The number of ether oxygens (including phenoxy) is 1. The maximum atomic E-state index is 13.0. The van der Waals surface area contributed by atoms with Crippen LogP contribution >= 0.6 is 0 Å². The van der Waals surface area contributed by atoms with Gasteiger partial charge in [-0.15, -0.1) is 0 Å². The summed E-state index contributed by atoms with van der Waals surface area (Å²) in [4.78, 5) is 33.6. The number of hydrazone groups is 1. The number of rotatable bonds is 8. The van der Waals surface area contributed by atoms with E-state index in [0.29, 0.717) is 17.2 Å². The summed E-state index contributed by atoms with van der Waals surface area (Å²) < 4.78 is 32.9. The Morgan fingerprint density at radius 1 is 1.08 bits per heavy atom. The van der Waals surface area contributed by atoms with Crippen molar-refractivity contribution in [2.24, 2.45) is 15.3 Å². The summed E-state index contributed by atoms with van der Waals surface area (Å²) in [6.07, 6.45) is 0. The van der Waals surface area contributed by atoms with Gasteiger partial charge in [-0.2, -0.15) is 20.3 Å². The van der Waals surface area contributed by atoms with Crippen molar-refractivity contribution in [3.63, 3.8) is 0 Å². The quantitative estimate of drug-likeness (QED) is 0.352. The van der Waals surface area contributed by atoms with Crippen LogP contribution in [0.2, 0.25) is 0 Å². The van der Waals surface area contributed by atoms with E-state index in [4.69, 9.17) is 4.74 Å². The highest BCUT2D eigenvalue weighted by Gasteiger charge is 2.41. The molecule has 0 aliphatic carbocycles. The molecule has 0 saturated heterocycles. The molecular weight excluding hydrogens is 498 g/mol. The molecule has 3 aromatic rings. The molecule has 0 radical (unpaired) electrons. The maximum Gasteiger partial charge on any atom is 0.357 e. The second kappa shape index (κ2) is 10.6. The molecule has 1 amide bonds. The number of nitrogens with zero attached hydrogens (tertiary/aromatic N) is 6. The first-order chi connectivity index (χ1) is 17.7. The monoisotopic (exact) mass is 521 g/mol. The number of carbonyl (C=O) groups is 2. The lowest BCUT2D eigenvalue weighted by Gasteiger charge is -2.11. The topological polar surface area (TPSA) is 156 Å². The Hall–Kier alpha value is -4.52. The third-order valence-corrected chi connectivity index (χ3v) is 6.41. The van der Waals surface area contributed by atoms with Crippen LogP contribution in [0.15, 0.2) is 80.9 Å². The van der Waals surface area contributed by atoms with E-state index in [1.54, 1.807) is 51.1 Å². The van der Waals surface area contributed by atoms with Crippen molar-refractivity contribution in [2.75, 3.05) is 16.3 Å². The van der Waals surface area contributed by atoms with Crippen LogP contribution in [0.4, 0.5) is 17.2 Å². The van der Waals surface area contributed by atoms with Crippen molar-refractivity contribution < 1.29 is 22.7 Å². The minimum Gasteiger partial charge on any atom is -0.461 e. The number of amides is 1. The van der Waals surface area contributed by atoms with E-state index in [1.807, 2.05) is 0 Å². The fraction of sp³-hybridized carbons (Fsp3) is 0.208. The number of nitrogens with one attached hydrogen (secondary N) is 1. The summed E-state index contributed by atoms with van der Waals surface area (Å²) >= 11 is 0. The van der Waals surface area contributed by atoms with Crippen LogP contribution in [-0.2, 0) is 24.3 Å². The Labute approximate surface area is 213 Å². The van der Waals surface area contributed by atoms with E-state index in [2.05, 4.69) is 30.0 Å². The van der Waals surface area contributed by atoms with E-state index < -0.39 is 27.9 Å². The molecule has 190 valence electrons. The van der Waals surface area contributed by atoms with Crippen LogP contribution in [0.1, 0.15) is 18.4 Å². The van der Waals surface area contributed by atoms with Gasteiger partial charge in [0.15, 0.2) is 5.71 Å². The van der Waals surface area contributed by atoms with Crippen LogP contribution in [0.25, 0.3) is 0 Å². The predicted octanol–water partition coefficient (Wildman–Crippen LogP) is 3.31. The molecule has 4 rings (SSSR count). The zero-order valence-corrected chi connectivity index (χ0v) is 21.0. The van der Waals surface area contributed by atoms with E-state index in [9.17, 15) is 18.0 Å². The Balaban J connectivity index is 1.54. The number of hydrogen-bond acceptors (Lipinski definition) is 10. The second-order valence-corrected chi connectivity index (χ2v) is 9.53. The average Bonchev–Trinajstić information content (AvgIpc) is 3.19. The molecule has 1 aromatic heterocycles. The minimum absolute atomic E-state index is 0.0265. The summed E-state index contributed by atoms with van der Waals surface area (Å²) in [7, 11) is -3.92. The minimum atomic E-state index is -3.92. The van der Waals surface area contributed by atoms with E-state index >= 15 is 0 Å². The largest absolute Gasteiger partial charge is 0.461 e. The van der Waals surface area contributed by atoms with Gasteiger partial charge in [-0.25, -0.2) is 23.2 Å². The highest BCUT2D eigenvalue weighted by atomic mass is 32.2. The molecule has 0 spiro atoms. The van der Waals surface area contributed by atoms with Gasteiger partial charge in [0.05, 0.1) is 22.9 Å². The molecule has 2 heterocycles. The second-order valence-electron chi connectivity index (χ2n) is 7.85. The molecule has 0 fully saturated rings. The molecule has 12 nitrogen and oxygen atoms in total. The smallest absolute Gasteiger partial charge is 0.357 e. The number of sulfonamides is 1. The highest BCUT2D eigenvalue weighted by Crippen LogP contribution is 2.25. The van der Waals surface area contributed by atoms with Crippen LogP contribution < -0.4 is 9.73 Å². The van der Waals surface area contributed by atoms with Gasteiger partial charge >= 0.3 is 5.97 Å². The number of carbonyl (C=O) groups excluding carboxylic acids is 2. The van der Waals surface area contributed by atoms with Gasteiger partial charge in [-0.1, -0.05) is 18.2 Å². The van der Waals surface area contributed by atoms with E-state index in [1.165, 1.54) is 30.3 Å². The zero-order chi connectivity index (χ0) is 26.6. The number of azo groups is 1. The normalized spacial score (nSPS) is 15.6. The molecule has 0 saturated carbocycles. The number of hydrogen-bond donors (Lipinski definition) is 1. The van der Waals surface area contributed by atoms with Gasteiger partial charge in [0.2, 0.25) is 6.04 Å². The number of esters is 1. The lowest BCUT2D eigenvalue weighted by Crippen LogP contribution is -2.33. The first-order valence-corrected chi connectivity index (χ1v) is 12.7. The number of aromatic nitrogens is 2. The summed E-state index contributed by atoms with van der Waals surface area (Å²) in [5.41, 5.74) is 1.15. The molecule has 0 unspecified atom stereocenters. The van der Waals surface area contributed by atoms with Gasteiger partial charge in [0.1, 0.15) is 11.6 Å². The van der Waals surface area contributed by atoms with Crippen molar-refractivity contribution in [1.82, 2.24) is 9.97 Å². The maximum absolute atomic E-state index is 13.0. The van der Waals surface area contributed by atoms with Crippen LogP contribution in [-0.4, -0.2) is 48.6 Å². The number of anilines is 2. The molecule has 37 heavy (non-hydrogen) atoms. The summed E-state index contributed by atoms with van der Waals surface area (Å²) in [6.45, 7) is 5.13. The van der Waals surface area contributed by atoms with Crippen molar-refractivity contribution in [1.29, 1.82) is 0 Å². The first-order valence-electron chi connectivity index (χ1n) is 11.2. The fourth-order valence-corrected chi connectivity index (χ4v) is 4.43. The predicted molar refractivity (Wildman–Crippen MR) is 135 cm³/mol. The van der Waals surface area contributed by atoms with E-state index in [0.717, 1.165) is 5.01 Å². The third kappa shape index (κ3) is 5.83. The van der Waals surface area contributed by atoms with E-state index in [-0.39, 0.29) is 28.7 Å². The van der Waals surface area contributed by atoms with Crippen LogP contribution in [0.3, 0.4) is 0 Å². The SMILES string of the molecule is CCOC(=O)C1=NN(c2ccccc2)C(=O)[C@@H]1N=Nc1ccc(S(=O)(=O)Nc2cc(C)nc(C)n2)cc1. The number of aryl methyl sites for hydroxylation is 2. The Bertz CT molecular complexity index is 1470. The third-order valence-electron chi connectivity index (χ3n) is 5.04. The number of benzene rings is 2. The van der Waals surface area contributed by atoms with Crippen molar-refractivity contribution in [3.05, 3.63) is 72.2 Å². The molecule has 1 atom stereocenters. The fourth-order valence-electron chi connectivity index (χ4n) is 3.44. The van der Waals surface area contributed by atoms with Gasteiger partial charge in [-0.05, 0) is 57.2 Å². The summed E-state index contributed by atoms with van der Waals surface area (Å²) in [5.74, 6) is -0.758. The zero-order valence-electron chi connectivity index (χ0n) is 20.2. The Morgan fingerprint density at radius 3 is 2.43 bits per heavy atom. The molecular formula is C24H23N7O5S. The van der Waals surface area contributed by atoms with Crippen LogP contribution in [0.5, 0.6) is 0 Å². The molecule has 1 aliphatic rings. The highest BCUT2D eigenvalue weighted by molar-refractivity contribution is 7.92. The van der Waals surface area contributed by atoms with Crippen molar-refractivity contribution >= 4 is 44.8 Å². The molecule has 2 aromatic carbocycles. The lowest BCUT2D eigenvalue weighted by molar-refractivity contribution is -0.135. The first kappa shape index (κ1) is 25.6. The molecule has 0 bridgehead atoms. The van der Waals surface area contributed by atoms with Crippen molar-refractivity contribution in [3.8, 4) is 0 Å². The van der Waals surface area contributed by atoms with Crippen molar-refractivity contribution in [2.45, 2.75) is 31.7 Å². The number of para-hydroxylation sites is 1. The summed E-state index contributed by atoms with van der Waals surface area (Å²) in [6, 6.07) is 14.3. The van der Waals surface area contributed by atoms with Gasteiger partial charge in [-0.3, -0.25) is 9.52 Å². The Morgan fingerprint density at radius 2 is 1.78 bits per heavy atom. The standard InChI is InChI=1S/C24H23N7O5S/c1-4-36-24(33)22-21(23(32)31(29-22)18-8-6-5-7-9-18)28-27-17-10-12-19(13-11-17)37(34,35)30-20-14-15(2)25-16(3)26-20/h5-14,21H,4H2,1-3H3,(H,25,26,30)/t21-/m1/s1. The van der Waals surface area contributed by atoms with Gasteiger partial charge in [0, 0.05) is 11.8 Å². The molecule has 1 N–H and O–H groups in total. The van der Waals surface area contributed by atoms with Gasteiger partial charge in [0.25, 0.3) is 15.9 Å².